The molecule has 0 spiro atoms. The Balaban J connectivity index is 2.39. The number of anilines is 2. The smallest absolute Gasteiger partial charge is 0.330 e. The van der Waals surface area contributed by atoms with Crippen LogP contribution in [0.2, 0.25) is 0 Å². The Labute approximate surface area is 160 Å². The zero-order chi connectivity index (χ0) is 19.8. The lowest BCUT2D eigenvalue weighted by molar-refractivity contribution is -0.138. The Morgan fingerprint density at radius 2 is 1.85 bits per heavy atom. The second-order valence-corrected chi connectivity index (χ2v) is 5.94. The first-order chi connectivity index (χ1) is 13.0. The van der Waals surface area contributed by atoms with Crippen molar-refractivity contribution in [3.8, 4) is 11.8 Å². The fourth-order valence-corrected chi connectivity index (χ4v) is 2.90. The van der Waals surface area contributed by atoms with E-state index in [0.717, 1.165) is 24.5 Å². The highest BCUT2D eigenvalue weighted by Gasteiger charge is 2.22. The molecule has 142 valence electrons. The van der Waals surface area contributed by atoms with E-state index in [2.05, 4.69) is 24.1 Å². The summed E-state index contributed by atoms with van der Waals surface area (Å²) in [7, 11) is 0. The van der Waals surface area contributed by atoms with Crippen molar-refractivity contribution in [1.82, 2.24) is 0 Å². The van der Waals surface area contributed by atoms with Crippen LogP contribution in [0.25, 0.3) is 0 Å². The summed E-state index contributed by atoms with van der Waals surface area (Å²) >= 11 is 0. The number of hydrogen-bond acceptors (Lipinski definition) is 5. The molecule has 0 fully saturated rings. The van der Waals surface area contributed by atoms with Crippen molar-refractivity contribution >= 4 is 17.3 Å². The molecule has 0 saturated carbocycles. The van der Waals surface area contributed by atoms with Crippen LogP contribution in [0, 0.1) is 11.3 Å². The first-order valence-electron chi connectivity index (χ1n) is 9.05. The van der Waals surface area contributed by atoms with Crippen LogP contribution in [0.15, 0.2) is 42.5 Å². The Bertz CT molecular complexity index is 808. The summed E-state index contributed by atoms with van der Waals surface area (Å²) in [6.07, 6.45) is 0. The molecule has 27 heavy (non-hydrogen) atoms. The van der Waals surface area contributed by atoms with Gasteiger partial charge in [-0.25, -0.2) is 4.79 Å². The molecule has 0 saturated heterocycles. The van der Waals surface area contributed by atoms with Gasteiger partial charge in [0.05, 0.1) is 23.9 Å². The summed E-state index contributed by atoms with van der Waals surface area (Å²) in [6, 6.07) is 13.3. The van der Waals surface area contributed by atoms with Gasteiger partial charge in [0.2, 0.25) is 0 Å². The number of carboxylic acids is 1. The molecule has 0 bridgehead atoms. The summed E-state index contributed by atoms with van der Waals surface area (Å²) < 4.78 is 5.72. The van der Waals surface area contributed by atoms with Gasteiger partial charge >= 0.3 is 5.97 Å². The molecule has 0 aliphatic heterocycles. The second-order valence-electron chi connectivity index (χ2n) is 5.94. The molecule has 2 aromatic rings. The average Bonchev–Trinajstić information content (AvgIpc) is 2.68. The lowest BCUT2D eigenvalue weighted by atomic mass is 10.0. The number of nitriles is 1. The Kier molecular flexibility index (Phi) is 7.07. The minimum Gasteiger partial charge on any atom is -0.492 e. The van der Waals surface area contributed by atoms with Crippen molar-refractivity contribution in [3.63, 3.8) is 0 Å². The molecular weight excluding hydrogens is 342 g/mol. The van der Waals surface area contributed by atoms with Gasteiger partial charge in [0.15, 0.2) is 6.04 Å². The van der Waals surface area contributed by atoms with E-state index in [1.807, 2.05) is 25.1 Å². The zero-order valence-corrected chi connectivity index (χ0v) is 15.9. The highest BCUT2D eigenvalue weighted by Crippen LogP contribution is 2.33. The SMILES string of the molecule is CCOc1ccc(C(Nc2ccc(C#N)cc2)C(=O)O)cc1N(CC)CC. The third-order valence-electron chi connectivity index (χ3n) is 4.29. The van der Waals surface area contributed by atoms with Crippen LogP contribution in [0.3, 0.4) is 0 Å². The van der Waals surface area contributed by atoms with Crippen molar-refractivity contribution in [2.45, 2.75) is 26.8 Å². The molecule has 0 radical (unpaired) electrons. The number of hydrogen-bond donors (Lipinski definition) is 2. The molecule has 0 aliphatic carbocycles. The van der Waals surface area contributed by atoms with E-state index >= 15 is 0 Å². The Morgan fingerprint density at radius 3 is 2.37 bits per heavy atom. The van der Waals surface area contributed by atoms with E-state index in [1.165, 1.54) is 0 Å². The number of benzene rings is 2. The lowest BCUT2D eigenvalue weighted by Crippen LogP contribution is -2.24. The van der Waals surface area contributed by atoms with Gasteiger partial charge in [-0.15, -0.1) is 0 Å². The number of aliphatic carboxylic acids is 1. The Hall–Kier alpha value is -3.20. The zero-order valence-electron chi connectivity index (χ0n) is 15.9. The standard InChI is InChI=1S/C21H25N3O3/c1-4-24(5-2)18-13-16(9-12-19(18)27-6-3)20(21(25)26)23-17-10-7-15(14-22)8-11-17/h7-13,20,23H,4-6H2,1-3H3,(H,25,26). The van der Waals surface area contributed by atoms with Crippen LogP contribution >= 0.6 is 0 Å². The molecule has 2 aromatic carbocycles. The molecule has 0 amide bonds. The molecule has 0 aromatic heterocycles. The third kappa shape index (κ3) is 4.91. The van der Waals surface area contributed by atoms with Crippen molar-refractivity contribution in [1.29, 1.82) is 5.26 Å². The second kappa shape index (κ2) is 9.48. The van der Waals surface area contributed by atoms with Crippen LogP contribution < -0.4 is 15.0 Å². The molecule has 1 atom stereocenters. The minimum absolute atomic E-state index is 0.525. The highest BCUT2D eigenvalue weighted by molar-refractivity contribution is 5.80. The summed E-state index contributed by atoms with van der Waals surface area (Å²) in [6.45, 7) is 8.15. The molecular formula is C21H25N3O3. The minimum atomic E-state index is -0.978. The maximum Gasteiger partial charge on any atom is 0.330 e. The van der Waals surface area contributed by atoms with Crippen molar-refractivity contribution in [2.24, 2.45) is 0 Å². The number of carboxylic acid groups (broad SMARTS) is 1. The number of ether oxygens (including phenoxy) is 1. The van der Waals surface area contributed by atoms with Gasteiger partial charge in [0.1, 0.15) is 5.75 Å². The van der Waals surface area contributed by atoms with Crippen LogP contribution in [-0.4, -0.2) is 30.8 Å². The first kappa shape index (κ1) is 20.1. The molecule has 0 aliphatic rings. The molecule has 2 rings (SSSR count). The molecule has 0 heterocycles. The quantitative estimate of drug-likeness (QED) is 0.696. The summed E-state index contributed by atoms with van der Waals surface area (Å²) in [5, 5.41) is 21.7. The average molecular weight is 367 g/mol. The number of carbonyl (C=O) groups is 1. The number of nitrogens with zero attached hydrogens (tertiary/aromatic N) is 2. The number of rotatable bonds is 9. The van der Waals surface area contributed by atoms with Gasteiger partial charge in [-0.2, -0.15) is 5.26 Å². The topological polar surface area (TPSA) is 85.6 Å². The van der Waals surface area contributed by atoms with E-state index in [4.69, 9.17) is 10.00 Å². The van der Waals surface area contributed by atoms with Crippen LogP contribution in [0.1, 0.15) is 37.9 Å². The van der Waals surface area contributed by atoms with E-state index in [9.17, 15) is 9.90 Å². The Morgan fingerprint density at radius 1 is 1.19 bits per heavy atom. The van der Waals surface area contributed by atoms with E-state index in [1.54, 1.807) is 30.3 Å². The van der Waals surface area contributed by atoms with Crippen LogP contribution in [0.5, 0.6) is 5.75 Å². The summed E-state index contributed by atoms with van der Waals surface area (Å²) in [5.74, 6) is -0.235. The van der Waals surface area contributed by atoms with Crippen LogP contribution in [0.4, 0.5) is 11.4 Å². The molecule has 6 heteroatoms. The van der Waals surface area contributed by atoms with E-state index < -0.39 is 12.0 Å². The van der Waals surface area contributed by atoms with Gasteiger partial charge in [-0.3, -0.25) is 0 Å². The van der Waals surface area contributed by atoms with Crippen molar-refractivity contribution in [2.75, 3.05) is 29.9 Å². The van der Waals surface area contributed by atoms with E-state index in [-0.39, 0.29) is 0 Å². The lowest BCUT2D eigenvalue weighted by Gasteiger charge is -2.26. The van der Waals surface area contributed by atoms with Gasteiger partial charge < -0.3 is 20.1 Å². The van der Waals surface area contributed by atoms with Gasteiger partial charge in [0.25, 0.3) is 0 Å². The molecule has 2 N–H and O–H groups in total. The highest BCUT2D eigenvalue weighted by atomic mass is 16.5. The largest absolute Gasteiger partial charge is 0.492 e. The summed E-state index contributed by atoms with van der Waals surface area (Å²) in [5.41, 5.74) is 2.68. The van der Waals surface area contributed by atoms with Gasteiger partial charge in [-0.05, 0) is 62.7 Å². The van der Waals surface area contributed by atoms with E-state index in [0.29, 0.717) is 23.4 Å². The predicted molar refractivity (Wildman–Crippen MR) is 106 cm³/mol. The fraction of sp³-hybridized carbons (Fsp3) is 0.333. The van der Waals surface area contributed by atoms with Gasteiger partial charge in [-0.1, -0.05) is 6.07 Å². The number of nitrogens with one attached hydrogen (secondary N) is 1. The fourth-order valence-electron chi connectivity index (χ4n) is 2.90. The maximum absolute atomic E-state index is 11.9. The predicted octanol–water partition coefficient (Wildman–Crippen LogP) is 4.04. The van der Waals surface area contributed by atoms with Crippen molar-refractivity contribution < 1.29 is 14.6 Å². The molecule has 6 nitrogen and oxygen atoms in total. The van der Waals surface area contributed by atoms with Crippen molar-refractivity contribution in [3.05, 3.63) is 53.6 Å². The van der Waals surface area contributed by atoms with Gasteiger partial charge in [0, 0.05) is 18.8 Å². The molecule has 1 unspecified atom stereocenters. The maximum atomic E-state index is 11.9. The first-order valence-corrected chi connectivity index (χ1v) is 9.05. The van der Waals surface area contributed by atoms with Crippen LogP contribution in [-0.2, 0) is 4.79 Å². The third-order valence-corrected chi connectivity index (χ3v) is 4.29. The summed E-state index contributed by atoms with van der Waals surface area (Å²) in [4.78, 5) is 14.0. The normalized spacial score (nSPS) is 11.3. The monoisotopic (exact) mass is 367 g/mol.